The van der Waals surface area contributed by atoms with Gasteiger partial charge in [-0.1, -0.05) is 31.0 Å². The molecule has 3 amide bonds. The Hall–Kier alpha value is -3.46. The molecule has 1 fully saturated rings. The van der Waals surface area contributed by atoms with E-state index in [0.29, 0.717) is 5.56 Å². The van der Waals surface area contributed by atoms with Crippen molar-refractivity contribution >= 4 is 29.1 Å². The number of hydrogen-bond acceptors (Lipinski definition) is 5. The molecule has 0 radical (unpaired) electrons. The van der Waals surface area contributed by atoms with Gasteiger partial charge in [-0.15, -0.1) is 11.3 Å². The second-order valence-electron chi connectivity index (χ2n) is 8.21. The van der Waals surface area contributed by atoms with Gasteiger partial charge in [0.1, 0.15) is 11.9 Å². The zero-order chi connectivity index (χ0) is 23.9. The minimum absolute atomic E-state index is 0.0489. The number of nitrogens with one attached hydrogen (secondary N) is 2. The van der Waals surface area contributed by atoms with Crippen LogP contribution in [0.2, 0.25) is 0 Å². The van der Waals surface area contributed by atoms with E-state index >= 15 is 0 Å². The lowest BCUT2D eigenvalue weighted by atomic mass is 10.0. The summed E-state index contributed by atoms with van der Waals surface area (Å²) in [6, 6.07) is 11.5. The van der Waals surface area contributed by atoms with Crippen molar-refractivity contribution in [2.75, 3.05) is 6.54 Å². The normalized spacial score (nSPS) is 14.5. The highest BCUT2D eigenvalue weighted by atomic mass is 32.1. The minimum atomic E-state index is -0.976. The van der Waals surface area contributed by atoms with Crippen LogP contribution in [-0.4, -0.2) is 35.2 Å². The summed E-state index contributed by atoms with van der Waals surface area (Å²) in [4.78, 5) is 41.5. The summed E-state index contributed by atoms with van der Waals surface area (Å²) in [5, 5.41) is 7.52. The van der Waals surface area contributed by atoms with Crippen LogP contribution in [0.1, 0.15) is 52.7 Å². The number of nitrogens with zero attached hydrogens (tertiary/aromatic N) is 1. The fraction of sp³-hybridized carbons (Fsp3) is 0.320. The molecule has 2 N–H and O–H groups in total. The number of benzene rings is 1. The molecule has 178 valence electrons. The smallest absolute Gasteiger partial charge is 0.287 e. The Morgan fingerprint density at radius 1 is 1.09 bits per heavy atom. The third-order valence-corrected chi connectivity index (χ3v) is 6.68. The Balaban J connectivity index is 1.60. The molecule has 1 aliphatic rings. The highest BCUT2D eigenvalue weighted by Gasteiger charge is 2.33. The lowest BCUT2D eigenvalue weighted by Gasteiger charge is -2.32. The van der Waals surface area contributed by atoms with Gasteiger partial charge >= 0.3 is 0 Å². The van der Waals surface area contributed by atoms with Gasteiger partial charge in [0.2, 0.25) is 11.8 Å². The van der Waals surface area contributed by atoms with E-state index in [9.17, 15) is 18.8 Å². The van der Waals surface area contributed by atoms with Crippen LogP contribution in [0.4, 0.5) is 4.39 Å². The first-order valence-corrected chi connectivity index (χ1v) is 12.1. The first-order valence-electron chi connectivity index (χ1n) is 11.2. The van der Waals surface area contributed by atoms with Crippen molar-refractivity contribution in [2.45, 2.75) is 44.3 Å². The summed E-state index contributed by atoms with van der Waals surface area (Å²) >= 11 is 1.46. The fourth-order valence-electron chi connectivity index (χ4n) is 4.11. The van der Waals surface area contributed by atoms with Crippen LogP contribution in [-0.2, 0) is 16.1 Å². The van der Waals surface area contributed by atoms with E-state index in [1.807, 2.05) is 17.5 Å². The van der Waals surface area contributed by atoms with Crippen LogP contribution in [0.5, 0.6) is 0 Å². The lowest BCUT2D eigenvalue weighted by molar-refractivity contribution is -0.141. The maximum Gasteiger partial charge on any atom is 0.287 e. The zero-order valence-corrected chi connectivity index (χ0v) is 19.4. The Labute approximate surface area is 200 Å². The van der Waals surface area contributed by atoms with Crippen LogP contribution in [0.25, 0.3) is 0 Å². The van der Waals surface area contributed by atoms with Crippen molar-refractivity contribution in [1.29, 1.82) is 0 Å². The summed E-state index contributed by atoms with van der Waals surface area (Å²) in [6.45, 7) is -0.146. The Bertz CT molecular complexity index is 1090. The fourth-order valence-corrected chi connectivity index (χ4v) is 4.82. The van der Waals surface area contributed by atoms with Gasteiger partial charge in [0, 0.05) is 10.9 Å². The minimum Gasteiger partial charge on any atom is -0.459 e. The zero-order valence-electron chi connectivity index (χ0n) is 18.5. The molecule has 1 aliphatic carbocycles. The molecule has 1 saturated carbocycles. The van der Waals surface area contributed by atoms with E-state index in [4.69, 9.17) is 4.42 Å². The van der Waals surface area contributed by atoms with Gasteiger partial charge in [0.05, 0.1) is 19.4 Å². The summed E-state index contributed by atoms with van der Waals surface area (Å²) in [5.74, 6) is -1.62. The first-order chi connectivity index (χ1) is 16.5. The van der Waals surface area contributed by atoms with E-state index in [1.165, 1.54) is 52.8 Å². The van der Waals surface area contributed by atoms with Crippen molar-refractivity contribution in [3.8, 4) is 0 Å². The number of carbonyl (C=O) groups is 3. The number of halogens is 1. The van der Waals surface area contributed by atoms with Crippen molar-refractivity contribution in [2.24, 2.45) is 0 Å². The van der Waals surface area contributed by atoms with Gasteiger partial charge in [0.25, 0.3) is 5.91 Å². The van der Waals surface area contributed by atoms with E-state index < -0.39 is 23.7 Å². The lowest BCUT2D eigenvalue weighted by Crippen LogP contribution is -2.48. The maximum atomic E-state index is 13.7. The maximum absolute atomic E-state index is 13.7. The van der Waals surface area contributed by atoms with Crippen LogP contribution in [0.3, 0.4) is 0 Å². The van der Waals surface area contributed by atoms with E-state index in [1.54, 1.807) is 6.07 Å². The van der Waals surface area contributed by atoms with E-state index in [0.717, 1.165) is 30.6 Å². The second-order valence-corrected chi connectivity index (χ2v) is 9.24. The standard InChI is InChI=1S/C25H26FN3O4S/c26-18-11-9-17(10-12-18)23(25(32)28-19-5-1-2-6-19)29(16-20-7-4-14-34-20)22(30)15-27-24(31)21-8-3-13-33-21/h3-4,7-14,19,23H,1-2,5-6,15-16H2,(H,27,31)(H,28,32)/t23-/m0/s1. The molecule has 0 aliphatic heterocycles. The number of carbonyl (C=O) groups excluding carboxylic acids is 3. The molecule has 1 aromatic carbocycles. The highest BCUT2D eigenvalue weighted by Crippen LogP contribution is 2.27. The van der Waals surface area contributed by atoms with Gasteiger partial charge in [-0.2, -0.15) is 0 Å². The molecule has 4 rings (SSSR count). The molecule has 3 aromatic rings. The molecule has 7 nitrogen and oxygen atoms in total. The summed E-state index contributed by atoms with van der Waals surface area (Å²) in [6.07, 6.45) is 5.24. The van der Waals surface area contributed by atoms with Gasteiger partial charge in [-0.25, -0.2) is 4.39 Å². The molecule has 0 unspecified atom stereocenters. The topological polar surface area (TPSA) is 91.7 Å². The van der Waals surface area contributed by atoms with Gasteiger partial charge in [-0.05, 0) is 54.1 Å². The Morgan fingerprint density at radius 2 is 1.85 bits per heavy atom. The predicted octanol–water partition coefficient (Wildman–Crippen LogP) is 4.04. The molecular formula is C25H26FN3O4S. The average Bonchev–Trinajstić information content (AvgIpc) is 3.62. The third-order valence-electron chi connectivity index (χ3n) is 5.82. The monoisotopic (exact) mass is 483 g/mol. The molecule has 0 bridgehead atoms. The summed E-state index contributed by atoms with van der Waals surface area (Å²) < 4.78 is 18.7. The second kappa shape index (κ2) is 11.1. The molecule has 1 atom stereocenters. The molecule has 9 heteroatoms. The van der Waals surface area contributed by atoms with Crippen LogP contribution in [0.15, 0.2) is 64.6 Å². The number of hydrogen-bond donors (Lipinski definition) is 2. The van der Waals surface area contributed by atoms with E-state index in [-0.39, 0.29) is 30.8 Å². The largest absolute Gasteiger partial charge is 0.459 e. The van der Waals surface area contributed by atoms with E-state index in [2.05, 4.69) is 10.6 Å². The molecular weight excluding hydrogens is 457 g/mol. The average molecular weight is 484 g/mol. The van der Waals surface area contributed by atoms with Crippen molar-refractivity contribution in [3.05, 3.63) is 82.2 Å². The molecule has 2 aromatic heterocycles. The van der Waals surface area contributed by atoms with Crippen LogP contribution in [0, 0.1) is 5.82 Å². The van der Waals surface area contributed by atoms with Crippen molar-refractivity contribution < 1.29 is 23.2 Å². The van der Waals surface area contributed by atoms with Crippen molar-refractivity contribution in [1.82, 2.24) is 15.5 Å². The number of amides is 3. The van der Waals surface area contributed by atoms with Crippen LogP contribution < -0.4 is 10.6 Å². The molecule has 34 heavy (non-hydrogen) atoms. The summed E-state index contributed by atoms with van der Waals surface area (Å²) in [5.41, 5.74) is 0.499. The number of furan rings is 1. The quantitative estimate of drug-likeness (QED) is 0.481. The number of rotatable bonds is 9. The van der Waals surface area contributed by atoms with Crippen molar-refractivity contribution in [3.63, 3.8) is 0 Å². The molecule has 0 saturated heterocycles. The third kappa shape index (κ3) is 5.91. The van der Waals surface area contributed by atoms with Gasteiger partial charge in [-0.3, -0.25) is 14.4 Å². The SMILES string of the molecule is O=C(NCC(=O)N(Cc1cccs1)[C@H](C(=O)NC1CCCC1)c1ccc(F)cc1)c1ccco1. The predicted molar refractivity (Wildman–Crippen MR) is 125 cm³/mol. The first kappa shape index (κ1) is 23.7. The summed E-state index contributed by atoms with van der Waals surface area (Å²) in [7, 11) is 0. The van der Waals surface area contributed by atoms with Gasteiger partial charge < -0.3 is 20.0 Å². The Kier molecular flexibility index (Phi) is 7.74. The van der Waals surface area contributed by atoms with Crippen LogP contribution >= 0.6 is 11.3 Å². The highest BCUT2D eigenvalue weighted by molar-refractivity contribution is 7.09. The van der Waals surface area contributed by atoms with Gasteiger partial charge in [0.15, 0.2) is 5.76 Å². The molecule has 0 spiro atoms. The Morgan fingerprint density at radius 3 is 2.50 bits per heavy atom. The number of thiophene rings is 1. The molecule has 2 heterocycles.